The molecule has 90 valence electrons. The van der Waals surface area contributed by atoms with Crippen LogP contribution in [-0.2, 0) is 0 Å². The van der Waals surface area contributed by atoms with E-state index in [1.807, 2.05) is 42.6 Å². The summed E-state index contributed by atoms with van der Waals surface area (Å²) in [5.74, 6) is 1.29. The fourth-order valence-corrected chi connectivity index (χ4v) is 2.58. The number of ether oxygens (including phenoxy) is 1. The highest BCUT2D eigenvalue weighted by molar-refractivity contribution is 7.17. The fraction of sp³-hybridized carbons (Fsp3) is 0.0769. The zero-order valence-corrected chi connectivity index (χ0v) is 11.1. The predicted octanol–water partition coefficient (Wildman–Crippen LogP) is 4.45. The third-order valence-corrected chi connectivity index (χ3v) is 3.61. The van der Waals surface area contributed by atoms with Gasteiger partial charge in [-0.3, -0.25) is 0 Å². The number of hydrogen-bond acceptors (Lipinski definition) is 4. The number of rotatable bonds is 2. The third-order valence-electron chi connectivity index (χ3n) is 2.55. The van der Waals surface area contributed by atoms with Gasteiger partial charge in [0.1, 0.15) is 10.4 Å². The highest BCUT2D eigenvalue weighted by atomic mass is 35.5. The van der Waals surface area contributed by atoms with E-state index in [9.17, 15) is 0 Å². The summed E-state index contributed by atoms with van der Waals surface area (Å²) >= 11 is 7.43. The van der Waals surface area contributed by atoms with Crippen molar-refractivity contribution in [2.24, 2.45) is 0 Å². The van der Waals surface area contributed by atoms with Crippen LogP contribution in [0.5, 0.6) is 11.6 Å². The van der Waals surface area contributed by atoms with Crippen LogP contribution in [-0.4, -0.2) is 9.97 Å². The van der Waals surface area contributed by atoms with Crippen LogP contribution in [0.2, 0.25) is 5.28 Å². The van der Waals surface area contributed by atoms with Gasteiger partial charge in [-0.1, -0.05) is 18.2 Å². The lowest BCUT2D eigenvalue weighted by atomic mass is 10.2. The lowest BCUT2D eigenvalue weighted by Gasteiger charge is -2.08. The Morgan fingerprint density at radius 3 is 2.83 bits per heavy atom. The molecule has 0 aliphatic rings. The van der Waals surface area contributed by atoms with Crippen molar-refractivity contribution in [1.29, 1.82) is 0 Å². The molecule has 0 saturated carbocycles. The van der Waals surface area contributed by atoms with E-state index in [4.69, 9.17) is 16.3 Å². The van der Waals surface area contributed by atoms with Crippen LogP contribution < -0.4 is 4.74 Å². The van der Waals surface area contributed by atoms with E-state index in [0.717, 1.165) is 21.5 Å². The monoisotopic (exact) mass is 276 g/mol. The van der Waals surface area contributed by atoms with E-state index in [-0.39, 0.29) is 5.28 Å². The Bertz CT molecular complexity index is 711. The van der Waals surface area contributed by atoms with Crippen molar-refractivity contribution in [2.45, 2.75) is 6.92 Å². The summed E-state index contributed by atoms with van der Waals surface area (Å²) in [7, 11) is 0. The maximum Gasteiger partial charge on any atom is 0.241 e. The van der Waals surface area contributed by atoms with Gasteiger partial charge < -0.3 is 4.74 Å². The van der Waals surface area contributed by atoms with Gasteiger partial charge in [-0.25, -0.2) is 4.98 Å². The van der Waals surface area contributed by atoms with E-state index in [0.29, 0.717) is 5.88 Å². The first-order valence-corrected chi connectivity index (χ1v) is 6.64. The van der Waals surface area contributed by atoms with Gasteiger partial charge in [0.2, 0.25) is 11.2 Å². The Kier molecular flexibility index (Phi) is 2.89. The van der Waals surface area contributed by atoms with Crippen LogP contribution in [0.1, 0.15) is 5.56 Å². The second kappa shape index (κ2) is 4.55. The molecular weight excluding hydrogens is 268 g/mol. The van der Waals surface area contributed by atoms with Crippen molar-refractivity contribution < 1.29 is 4.74 Å². The lowest BCUT2D eigenvalue weighted by Crippen LogP contribution is -1.92. The molecule has 0 spiro atoms. The van der Waals surface area contributed by atoms with Crippen molar-refractivity contribution in [3.8, 4) is 11.6 Å². The summed E-state index contributed by atoms with van der Waals surface area (Å²) in [5, 5.41) is 2.14. The molecule has 0 bridgehead atoms. The molecule has 3 nitrogen and oxygen atoms in total. The summed E-state index contributed by atoms with van der Waals surface area (Å²) in [5.41, 5.74) is 1.86. The maximum atomic E-state index is 5.89. The van der Waals surface area contributed by atoms with Crippen LogP contribution in [0.15, 0.2) is 35.7 Å². The number of halogens is 1. The third kappa shape index (κ3) is 2.05. The largest absolute Gasteiger partial charge is 0.437 e. The molecule has 2 heterocycles. The van der Waals surface area contributed by atoms with Crippen LogP contribution in [0.4, 0.5) is 0 Å². The van der Waals surface area contributed by atoms with E-state index >= 15 is 0 Å². The van der Waals surface area contributed by atoms with Gasteiger partial charge in [0.15, 0.2) is 0 Å². The standard InChI is InChI=1S/C13H9ClN2OS/c1-8-4-2-3-5-10(8)17-12-11-9(6-7-18-11)15-13(14)16-12/h2-7H,1H3. The Morgan fingerprint density at radius 2 is 2.00 bits per heavy atom. The number of aryl methyl sites for hydroxylation is 1. The van der Waals surface area contributed by atoms with Gasteiger partial charge in [0.25, 0.3) is 0 Å². The molecule has 1 aromatic carbocycles. The molecule has 2 aromatic heterocycles. The SMILES string of the molecule is Cc1ccccc1Oc1nc(Cl)nc2ccsc12. The van der Waals surface area contributed by atoms with E-state index in [1.165, 1.54) is 11.3 Å². The summed E-state index contributed by atoms with van der Waals surface area (Å²) in [4.78, 5) is 8.30. The number of para-hydroxylation sites is 1. The number of nitrogens with zero attached hydrogens (tertiary/aromatic N) is 2. The molecule has 0 aliphatic heterocycles. The van der Waals surface area contributed by atoms with Gasteiger partial charge in [0.05, 0.1) is 5.52 Å². The van der Waals surface area contributed by atoms with Gasteiger partial charge in [-0.15, -0.1) is 11.3 Å². The van der Waals surface area contributed by atoms with Crippen molar-refractivity contribution in [3.05, 3.63) is 46.6 Å². The highest BCUT2D eigenvalue weighted by Gasteiger charge is 2.11. The van der Waals surface area contributed by atoms with Crippen LogP contribution in [0, 0.1) is 6.92 Å². The van der Waals surface area contributed by atoms with Crippen molar-refractivity contribution in [2.75, 3.05) is 0 Å². The molecule has 5 heteroatoms. The van der Waals surface area contributed by atoms with Gasteiger partial charge in [-0.05, 0) is 41.6 Å². The second-order valence-corrected chi connectivity index (χ2v) is 5.05. The Hall–Kier alpha value is -1.65. The Morgan fingerprint density at radius 1 is 1.17 bits per heavy atom. The molecular formula is C13H9ClN2OS. The van der Waals surface area contributed by atoms with Crippen molar-refractivity contribution >= 4 is 33.2 Å². The van der Waals surface area contributed by atoms with Crippen molar-refractivity contribution in [1.82, 2.24) is 9.97 Å². The highest BCUT2D eigenvalue weighted by Crippen LogP contribution is 2.33. The second-order valence-electron chi connectivity index (χ2n) is 3.80. The number of hydrogen-bond donors (Lipinski definition) is 0. The maximum absolute atomic E-state index is 5.89. The number of thiophene rings is 1. The molecule has 0 atom stereocenters. The molecule has 0 radical (unpaired) electrons. The zero-order chi connectivity index (χ0) is 12.5. The predicted molar refractivity (Wildman–Crippen MR) is 73.7 cm³/mol. The summed E-state index contributed by atoms with van der Waals surface area (Å²) in [6.07, 6.45) is 0. The van der Waals surface area contributed by atoms with E-state index in [2.05, 4.69) is 9.97 Å². The van der Waals surface area contributed by atoms with Gasteiger partial charge in [0, 0.05) is 0 Å². The van der Waals surface area contributed by atoms with Gasteiger partial charge in [-0.2, -0.15) is 4.98 Å². The molecule has 0 saturated heterocycles. The first kappa shape index (κ1) is 11.4. The minimum absolute atomic E-state index is 0.199. The molecule has 3 aromatic rings. The molecule has 18 heavy (non-hydrogen) atoms. The normalized spacial score (nSPS) is 10.8. The molecule has 0 fully saturated rings. The topological polar surface area (TPSA) is 35.0 Å². The molecule has 0 N–H and O–H groups in total. The minimum Gasteiger partial charge on any atom is -0.437 e. The zero-order valence-electron chi connectivity index (χ0n) is 9.55. The first-order chi connectivity index (χ1) is 8.74. The average molecular weight is 277 g/mol. The van der Waals surface area contributed by atoms with E-state index in [1.54, 1.807) is 0 Å². The van der Waals surface area contributed by atoms with Gasteiger partial charge >= 0.3 is 0 Å². The smallest absolute Gasteiger partial charge is 0.241 e. The average Bonchev–Trinajstić information content (AvgIpc) is 2.80. The molecule has 3 rings (SSSR count). The molecule has 0 aliphatic carbocycles. The van der Waals surface area contributed by atoms with Crippen LogP contribution >= 0.6 is 22.9 Å². The first-order valence-electron chi connectivity index (χ1n) is 5.38. The lowest BCUT2D eigenvalue weighted by molar-refractivity contribution is 0.465. The number of fused-ring (bicyclic) bond motifs is 1. The minimum atomic E-state index is 0.199. The number of aromatic nitrogens is 2. The van der Waals surface area contributed by atoms with Crippen LogP contribution in [0.3, 0.4) is 0 Å². The quantitative estimate of drug-likeness (QED) is 0.649. The molecule has 0 unspecified atom stereocenters. The number of benzene rings is 1. The molecule has 0 amide bonds. The Labute approximate surface area is 113 Å². The fourth-order valence-electron chi connectivity index (χ4n) is 1.65. The summed E-state index contributed by atoms with van der Waals surface area (Å²) in [6, 6.07) is 9.69. The van der Waals surface area contributed by atoms with Crippen LogP contribution in [0.25, 0.3) is 10.2 Å². The Balaban J connectivity index is 2.10. The van der Waals surface area contributed by atoms with E-state index < -0.39 is 0 Å². The van der Waals surface area contributed by atoms with Crippen molar-refractivity contribution in [3.63, 3.8) is 0 Å². The summed E-state index contributed by atoms with van der Waals surface area (Å²) in [6.45, 7) is 1.99. The summed E-state index contributed by atoms with van der Waals surface area (Å²) < 4.78 is 6.74.